The maximum Gasteiger partial charge on any atom is 0.271 e. The van der Waals surface area contributed by atoms with Crippen molar-refractivity contribution in [3.63, 3.8) is 0 Å². The summed E-state index contributed by atoms with van der Waals surface area (Å²) in [7, 11) is 1.89. The number of benzene rings is 1. The number of nitro groups is 1. The van der Waals surface area contributed by atoms with Gasteiger partial charge in [0.2, 0.25) is 0 Å². The van der Waals surface area contributed by atoms with Crippen LogP contribution in [0, 0.1) is 17.0 Å². The average Bonchev–Trinajstić information content (AvgIpc) is 2.80. The third kappa shape index (κ3) is 3.02. The number of aromatic nitrogens is 1. The van der Waals surface area contributed by atoms with Crippen molar-refractivity contribution in [1.82, 2.24) is 4.98 Å². The van der Waals surface area contributed by atoms with Gasteiger partial charge in [0.1, 0.15) is 0 Å². The lowest BCUT2D eigenvalue weighted by Gasteiger charge is -2.21. The highest BCUT2D eigenvalue weighted by molar-refractivity contribution is 7.07. The minimum Gasteiger partial charge on any atom is -0.367 e. The molecule has 0 N–H and O–H groups in total. The van der Waals surface area contributed by atoms with E-state index in [1.54, 1.807) is 5.51 Å². The van der Waals surface area contributed by atoms with Crippen molar-refractivity contribution in [2.45, 2.75) is 13.5 Å². The maximum absolute atomic E-state index is 10.8. The number of hydrogen-bond acceptors (Lipinski definition) is 5. The summed E-state index contributed by atoms with van der Waals surface area (Å²) >= 11 is 7.68. The number of hydrogen-bond donors (Lipinski definition) is 0. The van der Waals surface area contributed by atoms with E-state index in [1.165, 1.54) is 23.5 Å². The molecule has 0 saturated carbocycles. The lowest BCUT2D eigenvalue weighted by molar-refractivity contribution is -0.384. The van der Waals surface area contributed by atoms with Crippen molar-refractivity contribution in [2.75, 3.05) is 11.9 Å². The summed E-state index contributed by atoms with van der Waals surface area (Å²) in [5.74, 6) is 0. The Bertz CT molecular complexity index is 578. The zero-order valence-electron chi connectivity index (χ0n) is 10.5. The molecule has 5 nitrogen and oxygen atoms in total. The monoisotopic (exact) mass is 297 g/mol. The molecule has 0 unspecified atom stereocenters. The van der Waals surface area contributed by atoms with Gasteiger partial charge in [-0.15, -0.1) is 11.3 Å². The summed E-state index contributed by atoms with van der Waals surface area (Å²) in [6, 6.07) is 2.90. The van der Waals surface area contributed by atoms with Crippen LogP contribution in [0.3, 0.4) is 0 Å². The van der Waals surface area contributed by atoms with Crippen molar-refractivity contribution < 1.29 is 4.92 Å². The first kappa shape index (κ1) is 13.8. The van der Waals surface area contributed by atoms with Gasteiger partial charge in [-0.3, -0.25) is 10.1 Å². The van der Waals surface area contributed by atoms with Crippen LogP contribution in [0.1, 0.15) is 11.3 Å². The Morgan fingerprint density at radius 3 is 2.79 bits per heavy atom. The second-order valence-electron chi connectivity index (χ2n) is 4.19. The van der Waals surface area contributed by atoms with Gasteiger partial charge in [-0.25, -0.2) is 4.98 Å². The molecule has 0 saturated heterocycles. The van der Waals surface area contributed by atoms with Crippen LogP contribution in [0.15, 0.2) is 23.0 Å². The normalized spacial score (nSPS) is 10.5. The fourth-order valence-corrected chi connectivity index (χ4v) is 2.90. The Hall–Kier alpha value is -1.66. The summed E-state index contributed by atoms with van der Waals surface area (Å²) in [6.45, 7) is 2.42. The highest BCUT2D eigenvalue weighted by atomic mass is 35.5. The summed E-state index contributed by atoms with van der Waals surface area (Å²) < 4.78 is 0. The second kappa shape index (κ2) is 5.54. The van der Waals surface area contributed by atoms with E-state index in [4.69, 9.17) is 11.6 Å². The van der Waals surface area contributed by atoms with Crippen LogP contribution in [0.25, 0.3) is 0 Å². The van der Waals surface area contributed by atoms with Crippen molar-refractivity contribution in [1.29, 1.82) is 0 Å². The molecule has 0 bridgehead atoms. The van der Waals surface area contributed by atoms with Crippen molar-refractivity contribution in [3.8, 4) is 0 Å². The van der Waals surface area contributed by atoms with Crippen LogP contribution in [0.2, 0.25) is 5.02 Å². The summed E-state index contributed by atoms with van der Waals surface area (Å²) in [6.07, 6.45) is 0. The third-order valence-corrected chi connectivity index (χ3v) is 3.64. The molecule has 100 valence electrons. The smallest absolute Gasteiger partial charge is 0.271 e. The van der Waals surface area contributed by atoms with Gasteiger partial charge in [0, 0.05) is 24.6 Å². The van der Waals surface area contributed by atoms with Gasteiger partial charge in [0.25, 0.3) is 5.69 Å². The van der Waals surface area contributed by atoms with E-state index in [2.05, 4.69) is 4.98 Å². The third-order valence-electron chi connectivity index (χ3n) is 2.71. The first-order chi connectivity index (χ1) is 8.99. The molecule has 0 aliphatic rings. The Balaban J connectivity index is 2.31. The first-order valence-corrected chi connectivity index (χ1v) is 6.84. The van der Waals surface area contributed by atoms with E-state index in [0.29, 0.717) is 11.6 Å². The van der Waals surface area contributed by atoms with Gasteiger partial charge < -0.3 is 4.90 Å². The molecule has 0 atom stereocenters. The van der Waals surface area contributed by atoms with Crippen LogP contribution >= 0.6 is 22.9 Å². The highest BCUT2D eigenvalue weighted by Crippen LogP contribution is 2.33. The average molecular weight is 298 g/mol. The minimum atomic E-state index is -0.441. The molecule has 0 radical (unpaired) electrons. The molecular formula is C12H12ClN3O2S. The van der Waals surface area contributed by atoms with E-state index in [9.17, 15) is 10.1 Å². The van der Waals surface area contributed by atoms with Gasteiger partial charge >= 0.3 is 0 Å². The summed E-state index contributed by atoms with van der Waals surface area (Å²) in [5, 5.41) is 13.1. The lowest BCUT2D eigenvalue weighted by atomic mass is 10.1. The maximum atomic E-state index is 10.8. The van der Waals surface area contributed by atoms with E-state index >= 15 is 0 Å². The number of halogens is 1. The molecule has 0 amide bonds. The van der Waals surface area contributed by atoms with Crippen LogP contribution in [-0.4, -0.2) is 17.0 Å². The number of nitrogens with zero attached hydrogens (tertiary/aromatic N) is 3. The fourth-order valence-electron chi connectivity index (χ4n) is 1.94. The molecule has 1 aromatic heterocycles. The highest BCUT2D eigenvalue weighted by Gasteiger charge is 2.16. The lowest BCUT2D eigenvalue weighted by Crippen LogP contribution is -2.18. The number of non-ortho nitro benzene ring substituents is 1. The predicted octanol–water partition coefficient (Wildman–Crippen LogP) is 3.65. The van der Waals surface area contributed by atoms with E-state index in [0.717, 1.165) is 16.9 Å². The molecular weight excluding hydrogens is 286 g/mol. The Morgan fingerprint density at radius 1 is 1.53 bits per heavy atom. The molecule has 2 rings (SSSR count). The molecule has 1 aromatic carbocycles. The molecule has 0 spiro atoms. The quantitative estimate of drug-likeness (QED) is 0.638. The first-order valence-electron chi connectivity index (χ1n) is 5.51. The minimum absolute atomic E-state index is 0.00769. The van der Waals surface area contributed by atoms with Gasteiger partial charge in [0.15, 0.2) is 0 Å². The van der Waals surface area contributed by atoms with Gasteiger partial charge in [0.05, 0.1) is 33.4 Å². The fraction of sp³-hybridized carbons (Fsp3) is 0.250. The molecule has 19 heavy (non-hydrogen) atoms. The van der Waals surface area contributed by atoms with Crippen LogP contribution in [0.5, 0.6) is 0 Å². The second-order valence-corrected chi connectivity index (χ2v) is 5.31. The standard InChI is InChI=1S/C12H12ClN3O2S/c1-8-3-10(16(17)18)4-11(13)12(8)15(2)5-9-6-19-7-14-9/h3-4,6-7H,5H2,1-2H3. The van der Waals surface area contributed by atoms with Crippen LogP contribution in [0.4, 0.5) is 11.4 Å². The number of rotatable bonds is 4. The largest absolute Gasteiger partial charge is 0.367 e. The van der Waals surface area contributed by atoms with E-state index in [1.807, 2.05) is 24.3 Å². The van der Waals surface area contributed by atoms with E-state index < -0.39 is 4.92 Å². The number of nitro benzene ring substituents is 1. The van der Waals surface area contributed by atoms with Gasteiger partial charge in [-0.05, 0) is 12.5 Å². The Kier molecular flexibility index (Phi) is 4.01. The van der Waals surface area contributed by atoms with Crippen molar-refractivity contribution >= 4 is 34.3 Å². The number of anilines is 1. The van der Waals surface area contributed by atoms with Crippen molar-refractivity contribution in [3.05, 3.63) is 49.4 Å². The predicted molar refractivity (Wildman–Crippen MR) is 77.1 cm³/mol. The molecule has 7 heteroatoms. The molecule has 1 heterocycles. The number of aryl methyl sites for hydroxylation is 1. The van der Waals surface area contributed by atoms with E-state index in [-0.39, 0.29) is 5.69 Å². The summed E-state index contributed by atoms with van der Waals surface area (Å²) in [5.41, 5.74) is 4.29. The zero-order chi connectivity index (χ0) is 14.0. The van der Waals surface area contributed by atoms with Crippen LogP contribution in [-0.2, 0) is 6.54 Å². The molecule has 0 aliphatic carbocycles. The van der Waals surface area contributed by atoms with Gasteiger partial charge in [-0.2, -0.15) is 0 Å². The van der Waals surface area contributed by atoms with Crippen molar-refractivity contribution in [2.24, 2.45) is 0 Å². The summed E-state index contributed by atoms with van der Waals surface area (Å²) in [4.78, 5) is 16.5. The Labute approximate surface area is 119 Å². The van der Waals surface area contributed by atoms with Crippen LogP contribution < -0.4 is 4.90 Å². The molecule has 0 aliphatic heterocycles. The van der Waals surface area contributed by atoms with Gasteiger partial charge in [-0.1, -0.05) is 11.6 Å². The molecule has 2 aromatic rings. The Morgan fingerprint density at radius 2 is 2.26 bits per heavy atom. The zero-order valence-corrected chi connectivity index (χ0v) is 12.0. The topological polar surface area (TPSA) is 59.3 Å². The number of thiazole rings is 1. The SMILES string of the molecule is Cc1cc([N+](=O)[O-])cc(Cl)c1N(C)Cc1cscn1. The molecule has 0 fully saturated rings.